The van der Waals surface area contributed by atoms with Crippen molar-refractivity contribution in [3.05, 3.63) is 11.8 Å². The van der Waals surface area contributed by atoms with Crippen LogP contribution in [0.2, 0.25) is 0 Å². The van der Waals surface area contributed by atoms with E-state index in [1.54, 1.807) is 6.92 Å². The SMILES string of the molecule is CCCOC(=O)C=C(C)N. The van der Waals surface area contributed by atoms with E-state index in [0.29, 0.717) is 12.3 Å². The Morgan fingerprint density at radius 3 is 2.70 bits per heavy atom. The fraction of sp³-hybridized carbons (Fsp3) is 0.571. The maximum atomic E-state index is 10.6. The molecule has 0 fully saturated rings. The van der Waals surface area contributed by atoms with Crippen LogP contribution in [0.1, 0.15) is 20.3 Å². The highest BCUT2D eigenvalue weighted by Gasteiger charge is 1.94. The van der Waals surface area contributed by atoms with Crippen LogP contribution in [0, 0.1) is 0 Å². The van der Waals surface area contributed by atoms with Crippen LogP contribution in [0.25, 0.3) is 0 Å². The summed E-state index contributed by atoms with van der Waals surface area (Å²) in [4.78, 5) is 10.6. The average molecular weight is 143 g/mol. The monoisotopic (exact) mass is 143 g/mol. The van der Waals surface area contributed by atoms with Gasteiger partial charge in [0, 0.05) is 11.8 Å². The minimum absolute atomic E-state index is 0.359. The molecule has 0 unspecified atom stereocenters. The molecule has 0 radical (unpaired) electrons. The van der Waals surface area contributed by atoms with Crippen LogP contribution < -0.4 is 5.73 Å². The zero-order chi connectivity index (χ0) is 7.98. The number of rotatable bonds is 3. The topological polar surface area (TPSA) is 52.3 Å². The second-order valence-corrected chi connectivity index (χ2v) is 2.06. The van der Waals surface area contributed by atoms with Crippen LogP contribution >= 0.6 is 0 Å². The van der Waals surface area contributed by atoms with Crippen molar-refractivity contribution < 1.29 is 9.53 Å². The molecule has 0 amide bonds. The van der Waals surface area contributed by atoms with Crippen LogP contribution in [0.5, 0.6) is 0 Å². The maximum absolute atomic E-state index is 10.6. The molecule has 0 bridgehead atoms. The smallest absolute Gasteiger partial charge is 0.332 e. The lowest BCUT2D eigenvalue weighted by Crippen LogP contribution is -2.04. The third-order valence-corrected chi connectivity index (χ3v) is 0.794. The zero-order valence-corrected chi connectivity index (χ0v) is 6.39. The van der Waals surface area contributed by atoms with E-state index in [1.165, 1.54) is 6.08 Å². The van der Waals surface area contributed by atoms with Gasteiger partial charge < -0.3 is 10.5 Å². The normalized spacial score (nSPS) is 11.2. The van der Waals surface area contributed by atoms with Gasteiger partial charge in [-0.15, -0.1) is 0 Å². The molecule has 2 N–H and O–H groups in total. The Kier molecular flexibility index (Phi) is 4.37. The Morgan fingerprint density at radius 2 is 2.30 bits per heavy atom. The molecule has 58 valence electrons. The summed E-state index contributed by atoms with van der Waals surface area (Å²) in [6.07, 6.45) is 2.11. The molecule has 10 heavy (non-hydrogen) atoms. The van der Waals surface area contributed by atoms with Gasteiger partial charge in [0.05, 0.1) is 6.61 Å². The second kappa shape index (κ2) is 4.85. The standard InChI is InChI=1S/C7H13NO2/c1-3-4-10-7(9)5-6(2)8/h5H,3-4,8H2,1-2H3. The number of hydrogen-bond acceptors (Lipinski definition) is 3. The largest absolute Gasteiger partial charge is 0.462 e. The summed E-state index contributed by atoms with van der Waals surface area (Å²) in [7, 11) is 0. The minimum atomic E-state index is -0.359. The van der Waals surface area contributed by atoms with Crippen LogP contribution in [0.4, 0.5) is 0 Å². The van der Waals surface area contributed by atoms with Gasteiger partial charge in [0.25, 0.3) is 0 Å². The summed E-state index contributed by atoms with van der Waals surface area (Å²) in [5.41, 5.74) is 5.70. The summed E-state index contributed by atoms with van der Waals surface area (Å²) >= 11 is 0. The molecular weight excluding hydrogens is 130 g/mol. The highest BCUT2D eigenvalue weighted by atomic mass is 16.5. The Balaban J connectivity index is 3.54. The molecule has 3 heteroatoms. The molecule has 0 aromatic heterocycles. The quantitative estimate of drug-likeness (QED) is 0.469. The van der Waals surface area contributed by atoms with Crippen molar-refractivity contribution in [2.45, 2.75) is 20.3 Å². The van der Waals surface area contributed by atoms with Crippen molar-refractivity contribution in [2.75, 3.05) is 6.61 Å². The highest BCUT2D eigenvalue weighted by molar-refractivity contribution is 5.82. The van der Waals surface area contributed by atoms with Crippen molar-refractivity contribution in [1.29, 1.82) is 0 Å². The molecule has 0 aliphatic rings. The van der Waals surface area contributed by atoms with E-state index in [-0.39, 0.29) is 5.97 Å². The third kappa shape index (κ3) is 5.15. The second-order valence-electron chi connectivity index (χ2n) is 2.06. The van der Waals surface area contributed by atoms with E-state index in [9.17, 15) is 4.79 Å². The number of hydrogen-bond donors (Lipinski definition) is 1. The van der Waals surface area contributed by atoms with Gasteiger partial charge in [-0.1, -0.05) is 6.92 Å². The van der Waals surface area contributed by atoms with E-state index in [1.807, 2.05) is 6.92 Å². The van der Waals surface area contributed by atoms with Crippen LogP contribution in [-0.2, 0) is 9.53 Å². The summed E-state index contributed by atoms with van der Waals surface area (Å²) in [5.74, 6) is -0.359. The molecule has 0 aliphatic carbocycles. The first kappa shape index (κ1) is 9.01. The first-order valence-electron chi connectivity index (χ1n) is 3.27. The highest BCUT2D eigenvalue weighted by Crippen LogP contribution is 1.86. The summed E-state index contributed by atoms with van der Waals surface area (Å²) in [6.45, 7) is 4.04. The molecule has 0 aromatic rings. The number of nitrogens with two attached hydrogens (primary N) is 1. The van der Waals surface area contributed by atoms with Crippen molar-refractivity contribution >= 4 is 5.97 Å². The third-order valence-electron chi connectivity index (χ3n) is 0.794. The predicted octanol–water partition coefficient (Wildman–Crippen LogP) is 0.802. The molecule has 0 aromatic carbocycles. The van der Waals surface area contributed by atoms with Crippen molar-refractivity contribution in [3.63, 3.8) is 0 Å². The number of carbonyl (C=O) groups is 1. The molecule has 0 rings (SSSR count). The van der Waals surface area contributed by atoms with Gasteiger partial charge in [-0.05, 0) is 13.3 Å². The van der Waals surface area contributed by atoms with E-state index < -0.39 is 0 Å². The van der Waals surface area contributed by atoms with Crippen LogP contribution in [0.15, 0.2) is 11.8 Å². The number of carbonyl (C=O) groups excluding carboxylic acids is 1. The fourth-order valence-electron chi connectivity index (χ4n) is 0.430. The van der Waals surface area contributed by atoms with Gasteiger partial charge in [0.1, 0.15) is 0 Å². The molecule has 0 atom stereocenters. The predicted molar refractivity (Wildman–Crippen MR) is 39.2 cm³/mol. The van der Waals surface area contributed by atoms with Crippen molar-refractivity contribution in [2.24, 2.45) is 5.73 Å². The van der Waals surface area contributed by atoms with Crippen LogP contribution in [-0.4, -0.2) is 12.6 Å². The van der Waals surface area contributed by atoms with E-state index >= 15 is 0 Å². The first-order chi connectivity index (χ1) is 4.66. The fourth-order valence-corrected chi connectivity index (χ4v) is 0.430. The molecule has 0 heterocycles. The molecule has 0 spiro atoms. The van der Waals surface area contributed by atoms with Gasteiger partial charge in [-0.25, -0.2) is 4.79 Å². The molecule has 3 nitrogen and oxygen atoms in total. The Hall–Kier alpha value is -0.990. The lowest BCUT2D eigenvalue weighted by molar-refractivity contribution is -0.137. The molecular formula is C7H13NO2. The Labute approximate surface area is 60.9 Å². The van der Waals surface area contributed by atoms with Gasteiger partial charge in [-0.2, -0.15) is 0 Å². The molecule has 0 saturated carbocycles. The van der Waals surface area contributed by atoms with E-state index in [2.05, 4.69) is 0 Å². The van der Waals surface area contributed by atoms with Crippen LogP contribution in [0.3, 0.4) is 0 Å². The maximum Gasteiger partial charge on any atom is 0.332 e. The van der Waals surface area contributed by atoms with Gasteiger partial charge in [0.15, 0.2) is 0 Å². The van der Waals surface area contributed by atoms with Gasteiger partial charge in [-0.3, -0.25) is 0 Å². The Bertz CT molecular complexity index is 137. The van der Waals surface area contributed by atoms with Crippen molar-refractivity contribution in [1.82, 2.24) is 0 Å². The summed E-state index contributed by atoms with van der Waals surface area (Å²) in [6, 6.07) is 0. The number of esters is 1. The number of allylic oxidation sites excluding steroid dienone is 1. The summed E-state index contributed by atoms with van der Waals surface area (Å²) < 4.78 is 4.71. The number of ether oxygens (including phenoxy) is 1. The van der Waals surface area contributed by atoms with Gasteiger partial charge >= 0.3 is 5.97 Å². The van der Waals surface area contributed by atoms with Crippen molar-refractivity contribution in [3.8, 4) is 0 Å². The minimum Gasteiger partial charge on any atom is -0.462 e. The van der Waals surface area contributed by atoms with Gasteiger partial charge in [0.2, 0.25) is 0 Å². The molecule has 0 saturated heterocycles. The Morgan fingerprint density at radius 1 is 1.70 bits per heavy atom. The lowest BCUT2D eigenvalue weighted by atomic mass is 10.4. The zero-order valence-electron chi connectivity index (χ0n) is 6.39. The average Bonchev–Trinajstić information content (AvgIpc) is 1.82. The van der Waals surface area contributed by atoms with E-state index in [4.69, 9.17) is 10.5 Å². The first-order valence-corrected chi connectivity index (χ1v) is 3.27. The van der Waals surface area contributed by atoms with E-state index in [0.717, 1.165) is 6.42 Å². The summed E-state index contributed by atoms with van der Waals surface area (Å²) in [5, 5.41) is 0. The molecule has 0 aliphatic heterocycles. The lowest BCUT2D eigenvalue weighted by Gasteiger charge is -1.97.